The lowest BCUT2D eigenvalue weighted by Crippen LogP contribution is -2.47. The first-order chi connectivity index (χ1) is 17.0. The van der Waals surface area contributed by atoms with Crippen LogP contribution in [-0.2, 0) is 20.9 Å². The van der Waals surface area contributed by atoms with Crippen molar-refractivity contribution in [3.63, 3.8) is 0 Å². The van der Waals surface area contributed by atoms with Gasteiger partial charge in [0.2, 0.25) is 5.91 Å². The van der Waals surface area contributed by atoms with Gasteiger partial charge in [-0.3, -0.25) is 19.1 Å². The van der Waals surface area contributed by atoms with E-state index in [4.69, 9.17) is 9.84 Å². The molecular formula is C26H30N4O4S. The SMILES string of the molecule is CCOC(=O)C1CCCN(C(=O)CN(C)C(=O)c2cn(Cc3ccccc3)nc2-c2cccs2)C1. The molecule has 1 aromatic carbocycles. The second-order valence-electron chi connectivity index (χ2n) is 8.64. The van der Waals surface area contributed by atoms with E-state index in [1.807, 2.05) is 47.8 Å². The number of carbonyl (C=O) groups is 3. The molecule has 1 saturated heterocycles. The Morgan fingerprint density at radius 2 is 1.97 bits per heavy atom. The second kappa shape index (κ2) is 11.3. The van der Waals surface area contributed by atoms with Gasteiger partial charge in [-0.15, -0.1) is 11.3 Å². The minimum atomic E-state index is -0.310. The second-order valence-corrected chi connectivity index (χ2v) is 9.59. The first-order valence-electron chi connectivity index (χ1n) is 11.8. The molecule has 1 aliphatic rings. The molecule has 0 radical (unpaired) electrons. The lowest BCUT2D eigenvalue weighted by atomic mass is 9.98. The molecule has 4 rings (SSSR count). The predicted molar refractivity (Wildman–Crippen MR) is 134 cm³/mol. The van der Waals surface area contributed by atoms with Crippen molar-refractivity contribution < 1.29 is 19.1 Å². The number of esters is 1. The van der Waals surface area contributed by atoms with Crippen LogP contribution in [0.5, 0.6) is 0 Å². The number of thiophene rings is 1. The summed E-state index contributed by atoms with van der Waals surface area (Å²) in [5.41, 5.74) is 2.15. The summed E-state index contributed by atoms with van der Waals surface area (Å²) in [6.07, 6.45) is 3.20. The molecule has 0 spiro atoms. The summed E-state index contributed by atoms with van der Waals surface area (Å²) in [7, 11) is 1.62. The minimum absolute atomic E-state index is 0.0673. The van der Waals surface area contributed by atoms with Gasteiger partial charge in [0.1, 0.15) is 5.69 Å². The van der Waals surface area contributed by atoms with Crippen molar-refractivity contribution >= 4 is 29.1 Å². The van der Waals surface area contributed by atoms with Gasteiger partial charge in [0.05, 0.1) is 36.1 Å². The number of rotatable bonds is 8. The van der Waals surface area contributed by atoms with Crippen molar-refractivity contribution in [2.45, 2.75) is 26.3 Å². The third-order valence-corrected chi connectivity index (χ3v) is 6.92. The average molecular weight is 495 g/mol. The summed E-state index contributed by atoms with van der Waals surface area (Å²) in [6, 6.07) is 13.8. The Balaban J connectivity index is 1.48. The monoisotopic (exact) mass is 494 g/mol. The van der Waals surface area contributed by atoms with Gasteiger partial charge in [-0.25, -0.2) is 0 Å². The van der Waals surface area contributed by atoms with Gasteiger partial charge in [-0.1, -0.05) is 36.4 Å². The molecule has 0 N–H and O–H groups in total. The number of benzene rings is 1. The lowest BCUT2D eigenvalue weighted by molar-refractivity contribution is -0.151. The van der Waals surface area contributed by atoms with Crippen molar-refractivity contribution in [1.29, 1.82) is 0 Å². The quantitative estimate of drug-likeness (QED) is 0.447. The molecule has 0 bridgehead atoms. The Labute approximate surface area is 209 Å². The summed E-state index contributed by atoms with van der Waals surface area (Å²) < 4.78 is 6.90. The number of carbonyl (C=O) groups excluding carboxylic acids is 3. The molecule has 1 atom stereocenters. The highest BCUT2D eigenvalue weighted by Gasteiger charge is 2.31. The van der Waals surface area contributed by atoms with Crippen LogP contribution < -0.4 is 0 Å². The minimum Gasteiger partial charge on any atom is -0.466 e. The van der Waals surface area contributed by atoms with Crippen LogP contribution in [0.2, 0.25) is 0 Å². The molecule has 9 heteroatoms. The van der Waals surface area contributed by atoms with E-state index in [0.29, 0.717) is 43.9 Å². The fourth-order valence-electron chi connectivity index (χ4n) is 4.26. The van der Waals surface area contributed by atoms with Crippen LogP contribution in [0.1, 0.15) is 35.7 Å². The van der Waals surface area contributed by atoms with Gasteiger partial charge in [0, 0.05) is 26.3 Å². The third-order valence-electron chi connectivity index (χ3n) is 6.05. The highest BCUT2D eigenvalue weighted by molar-refractivity contribution is 7.13. The molecule has 184 valence electrons. The zero-order valence-electron chi connectivity index (χ0n) is 20.1. The summed E-state index contributed by atoms with van der Waals surface area (Å²) >= 11 is 1.52. The molecule has 1 aliphatic heterocycles. The van der Waals surface area contributed by atoms with Crippen molar-refractivity contribution in [2.75, 3.05) is 33.3 Å². The predicted octanol–water partition coefficient (Wildman–Crippen LogP) is 3.53. The van der Waals surface area contributed by atoms with Crippen LogP contribution in [0.4, 0.5) is 0 Å². The van der Waals surface area contributed by atoms with E-state index in [1.54, 1.807) is 29.7 Å². The number of amides is 2. The number of piperidine rings is 1. The fraction of sp³-hybridized carbons (Fsp3) is 0.385. The Hall–Kier alpha value is -3.46. The fourth-order valence-corrected chi connectivity index (χ4v) is 4.98. The molecule has 3 heterocycles. The maximum Gasteiger partial charge on any atom is 0.310 e. The van der Waals surface area contributed by atoms with Crippen molar-refractivity contribution in [3.8, 4) is 10.6 Å². The van der Waals surface area contributed by atoms with E-state index >= 15 is 0 Å². The third kappa shape index (κ3) is 5.97. The van der Waals surface area contributed by atoms with Crippen molar-refractivity contribution in [2.24, 2.45) is 5.92 Å². The summed E-state index contributed by atoms with van der Waals surface area (Å²) in [5.74, 6) is -1.01. The van der Waals surface area contributed by atoms with Crippen LogP contribution in [0.15, 0.2) is 54.0 Å². The van der Waals surface area contributed by atoms with E-state index < -0.39 is 0 Å². The molecule has 35 heavy (non-hydrogen) atoms. The van der Waals surface area contributed by atoms with Crippen LogP contribution in [0.3, 0.4) is 0 Å². The molecular weight excluding hydrogens is 464 g/mol. The van der Waals surface area contributed by atoms with Crippen molar-refractivity contribution in [1.82, 2.24) is 19.6 Å². The molecule has 1 fully saturated rings. The molecule has 8 nitrogen and oxygen atoms in total. The summed E-state index contributed by atoms with van der Waals surface area (Å²) in [6.45, 7) is 3.48. The molecule has 3 aromatic rings. The van der Waals surface area contributed by atoms with E-state index in [9.17, 15) is 14.4 Å². The number of ether oxygens (including phenoxy) is 1. The molecule has 1 unspecified atom stereocenters. The smallest absolute Gasteiger partial charge is 0.310 e. The maximum absolute atomic E-state index is 13.4. The van der Waals surface area contributed by atoms with Crippen LogP contribution in [0, 0.1) is 5.92 Å². The number of nitrogens with zero attached hydrogens (tertiary/aromatic N) is 4. The highest BCUT2D eigenvalue weighted by atomic mass is 32.1. The van der Waals surface area contributed by atoms with Crippen LogP contribution in [-0.4, -0.2) is 70.7 Å². The zero-order chi connectivity index (χ0) is 24.8. The van der Waals surface area contributed by atoms with Crippen molar-refractivity contribution in [3.05, 3.63) is 65.2 Å². The number of likely N-dealkylation sites (N-methyl/N-ethyl adjacent to an activating group) is 1. The standard InChI is InChI=1S/C26H30N4O4S/c1-3-34-26(33)20-11-7-13-29(16-20)23(31)18-28(2)25(32)21-17-30(15-19-9-5-4-6-10-19)27-24(21)22-12-8-14-35-22/h4-6,8-10,12,14,17,20H,3,7,11,13,15-16,18H2,1-2H3. The van der Waals surface area contributed by atoms with Gasteiger partial charge in [-0.05, 0) is 36.8 Å². The molecule has 2 amide bonds. The normalized spacial score (nSPS) is 15.6. The number of hydrogen-bond donors (Lipinski definition) is 0. The molecule has 0 saturated carbocycles. The number of aromatic nitrogens is 2. The topological polar surface area (TPSA) is 84.7 Å². The summed E-state index contributed by atoms with van der Waals surface area (Å²) in [5, 5.41) is 6.65. The van der Waals surface area contributed by atoms with Gasteiger partial charge in [0.15, 0.2) is 0 Å². The Morgan fingerprint density at radius 1 is 1.17 bits per heavy atom. The van der Waals surface area contributed by atoms with E-state index in [-0.39, 0.29) is 30.2 Å². The van der Waals surface area contributed by atoms with E-state index in [2.05, 4.69) is 0 Å². The van der Waals surface area contributed by atoms with Gasteiger partial charge in [-0.2, -0.15) is 5.10 Å². The number of hydrogen-bond acceptors (Lipinski definition) is 6. The summed E-state index contributed by atoms with van der Waals surface area (Å²) in [4.78, 5) is 42.5. The molecule has 0 aliphatic carbocycles. The van der Waals surface area contributed by atoms with Gasteiger partial charge in [0.25, 0.3) is 5.91 Å². The molecule has 2 aromatic heterocycles. The highest BCUT2D eigenvalue weighted by Crippen LogP contribution is 2.28. The lowest BCUT2D eigenvalue weighted by Gasteiger charge is -2.32. The Bertz CT molecular complexity index is 1160. The zero-order valence-corrected chi connectivity index (χ0v) is 20.9. The van der Waals surface area contributed by atoms with Crippen LogP contribution in [0.25, 0.3) is 10.6 Å². The Morgan fingerprint density at radius 3 is 2.69 bits per heavy atom. The largest absolute Gasteiger partial charge is 0.466 e. The van der Waals surface area contributed by atoms with E-state index in [1.165, 1.54) is 16.2 Å². The van der Waals surface area contributed by atoms with Gasteiger partial charge < -0.3 is 14.5 Å². The average Bonchev–Trinajstić information content (AvgIpc) is 3.54. The van der Waals surface area contributed by atoms with E-state index in [0.717, 1.165) is 16.9 Å². The van der Waals surface area contributed by atoms with Crippen LogP contribution >= 0.6 is 11.3 Å². The first kappa shape index (κ1) is 24.7. The Kier molecular flexibility index (Phi) is 7.97. The maximum atomic E-state index is 13.4. The number of likely N-dealkylation sites (tertiary alicyclic amines) is 1. The van der Waals surface area contributed by atoms with Gasteiger partial charge >= 0.3 is 5.97 Å². The first-order valence-corrected chi connectivity index (χ1v) is 12.7.